The Bertz CT molecular complexity index is 1030. The van der Waals surface area contributed by atoms with Crippen molar-refractivity contribution in [2.75, 3.05) is 13.6 Å². The molecule has 31 heavy (non-hydrogen) atoms. The first-order valence-electron chi connectivity index (χ1n) is 9.29. The van der Waals surface area contributed by atoms with Gasteiger partial charge < -0.3 is 4.74 Å². The number of esters is 1. The summed E-state index contributed by atoms with van der Waals surface area (Å²) in [5.41, 5.74) is -0.148. The molecule has 0 radical (unpaired) electrons. The van der Waals surface area contributed by atoms with Crippen LogP contribution in [-0.4, -0.2) is 24.5 Å². The predicted molar refractivity (Wildman–Crippen MR) is 104 cm³/mol. The normalized spacial score (nSPS) is 12.1. The van der Waals surface area contributed by atoms with Gasteiger partial charge in [0.15, 0.2) is 23.3 Å². The van der Waals surface area contributed by atoms with Crippen LogP contribution in [0.5, 0.6) is 0 Å². The minimum atomic E-state index is -2.34. The molecule has 0 saturated heterocycles. The maximum Gasteiger partial charge on any atom is 0.345 e. The van der Waals surface area contributed by atoms with Gasteiger partial charge in [-0.05, 0) is 18.2 Å². The number of likely N-dealkylation sites (N-methyl/N-ethyl adjacent to an activating group) is 1. The molecule has 1 unspecified atom stereocenters. The number of rotatable bonds is 7. The molecule has 3 aromatic carbocycles. The van der Waals surface area contributed by atoms with E-state index < -0.39 is 46.7 Å². The molecule has 0 spiro atoms. The second kappa shape index (κ2) is 9.70. The van der Waals surface area contributed by atoms with Gasteiger partial charge >= 0.3 is 5.97 Å². The van der Waals surface area contributed by atoms with Gasteiger partial charge in [0, 0.05) is 13.1 Å². The molecule has 1 atom stereocenters. The Hall–Kier alpha value is -3.26. The highest BCUT2D eigenvalue weighted by Gasteiger charge is 2.32. The first-order valence-corrected chi connectivity index (χ1v) is 9.29. The Morgan fingerprint density at radius 2 is 1.29 bits per heavy atom. The molecule has 162 valence electrons. The summed E-state index contributed by atoms with van der Waals surface area (Å²) in [4.78, 5) is 14.3. The van der Waals surface area contributed by atoms with Crippen LogP contribution in [0.25, 0.3) is 0 Å². The quantitative estimate of drug-likeness (QED) is 0.215. The first-order chi connectivity index (χ1) is 14.8. The summed E-state index contributed by atoms with van der Waals surface area (Å²) in [7, 11) is 1.75. The lowest BCUT2D eigenvalue weighted by Crippen LogP contribution is -2.28. The average molecular weight is 435 g/mol. The molecule has 0 fully saturated rings. The fourth-order valence-electron chi connectivity index (χ4n) is 3.09. The first kappa shape index (κ1) is 22.4. The third kappa shape index (κ3) is 5.08. The fraction of sp³-hybridized carbons (Fsp3) is 0.174. The number of carbonyl (C=O) groups excluding carboxylic acids is 1. The van der Waals surface area contributed by atoms with Crippen molar-refractivity contribution in [3.63, 3.8) is 0 Å². The molecular formula is C23H18F5NO2. The summed E-state index contributed by atoms with van der Waals surface area (Å²) in [5.74, 6) is -12.9. The SMILES string of the molecule is CN(Cc1ccccc1)CC(OC(=O)c1c(F)c(F)c(F)c(F)c1F)c1ccccc1. The average Bonchev–Trinajstić information content (AvgIpc) is 2.77. The van der Waals surface area contributed by atoms with Crippen LogP contribution in [0.2, 0.25) is 0 Å². The van der Waals surface area contributed by atoms with E-state index in [4.69, 9.17) is 4.74 Å². The van der Waals surface area contributed by atoms with Gasteiger partial charge in [-0.1, -0.05) is 60.7 Å². The van der Waals surface area contributed by atoms with Crippen LogP contribution in [0, 0.1) is 29.1 Å². The van der Waals surface area contributed by atoms with Crippen molar-refractivity contribution in [3.05, 3.63) is 106 Å². The van der Waals surface area contributed by atoms with E-state index in [9.17, 15) is 26.7 Å². The molecule has 0 bridgehead atoms. The maximum atomic E-state index is 14.0. The molecule has 0 saturated carbocycles. The molecule has 0 heterocycles. The van der Waals surface area contributed by atoms with Gasteiger partial charge in [0.25, 0.3) is 0 Å². The minimum Gasteiger partial charge on any atom is -0.452 e. The number of carbonyl (C=O) groups is 1. The van der Waals surface area contributed by atoms with Gasteiger partial charge in [0.2, 0.25) is 5.82 Å². The maximum absolute atomic E-state index is 14.0. The van der Waals surface area contributed by atoms with E-state index in [1.165, 1.54) is 0 Å². The van der Waals surface area contributed by atoms with Crippen LogP contribution in [0.1, 0.15) is 27.6 Å². The summed E-state index contributed by atoms with van der Waals surface area (Å²) in [6, 6.07) is 17.7. The summed E-state index contributed by atoms with van der Waals surface area (Å²) in [6.45, 7) is 0.588. The monoisotopic (exact) mass is 435 g/mol. The number of hydrogen-bond acceptors (Lipinski definition) is 3. The molecule has 0 aliphatic carbocycles. The molecule has 0 amide bonds. The molecule has 3 rings (SSSR count). The van der Waals surface area contributed by atoms with E-state index in [0.717, 1.165) is 5.56 Å². The lowest BCUT2D eigenvalue weighted by Gasteiger charge is -2.25. The Balaban J connectivity index is 1.87. The smallest absolute Gasteiger partial charge is 0.345 e. The zero-order valence-corrected chi connectivity index (χ0v) is 16.4. The van der Waals surface area contributed by atoms with Crippen molar-refractivity contribution >= 4 is 5.97 Å². The highest BCUT2D eigenvalue weighted by molar-refractivity contribution is 5.90. The lowest BCUT2D eigenvalue weighted by atomic mass is 10.1. The zero-order chi connectivity index (χ0) is 22.5. The second-order valence-corrected chi connectivity index (χ2v) is 6.93. The van der Waals surface area contributed by atoms with Crippen molar-refractivity contribution in [1.82, 2.24) is 4.90 Å². The third-order valence-corrected chi connectivity index (χ3v) is 4.61. The number of hydrogen-bond donors (Lipinski definition) is 0. The van der Waals surface area contributed by atoms with Crippen LogP contribution >= 0.6 is 0 Å². The number of ether oxygens (including phenoxy) is 1. The summed E-state index contributed by atoms with van der Waals surface area (Å²) in [5, 5.41) is 0. The van der Waals surface area contributed by atoms with Crippen LogP contribution < -0.4 is 0 Å². The Kier molecular flexibility index (Phi) is 7.02. The molecular weight excluding hydrogens is 417 g/mol. The highest BCUT2D eigenvalue weighted by atomic mass is 19.2. The topological polar surface area (TPSA) is 29.5 Å². The van der Waals surface area contributed by atoms with Crippen LogP contribution in [0.15, 0.2) is 60.7 Å². The van der Waals surface area contributed by atoms with Gasteiger partial charge in [-0.3, -0.25) is 4.90 Å². The van der Waals surface area contributed by atoms with Gasteiger partial charge in [-0.25, -0.2) is 26.7 Å². The number of benzene rings is 3. The van der Waals surface area contributed by atoms with Crippen molar-refractivity contribution in [3.8, 4) is 0 Å². The molecule has 0 aliphatic rings. The summed E-state index contributed by atoms with van der Waals surface area (Å²) in [6.07, 6.45) is -1.02. The lowest BCUT2D eigenvalue weighted by molar-refractivity contribution is 0.0199. The van der Waals surface area contributed by atoms with E-state index in [1.54, 1.807) is 42.3 Å². The van der Waals surface area contributed by atoms with Crippen LogP contribution in [-0.2, 0) is 11.3 Å². The van der Waals surface area contributed by atoms with E-state index in [0.29, 0.717) is 12.1 Å². The molecule has 3 nitrogen and oxygen atoms in total. The molecule has 3 aromatic rings. The van der Waals surface area contributed by atoms with Crippen LogP contribution in [0.4, 0.5) is 22.0 Å². The van der Waals surface area contributed by atoms with E-state index in [2.05, 4.69) is 0 Å². The van der Waals surface area contributed by atoms with Crippen molar-refractivity contribution < 1.29 is 31.5 Å². The molecule has 8 heteroatoms. The van der Waals surface area contributed by atoms with Crippen molar-refractivity contribution in [1.29, 1.82) is 0 Å². The minimum absolute atomic E-state index is 0.111. The molecule has 0 N–H and O–H groups in total. The predicted octanol–water partition coefficient (Wildman–Crippen LogP) is 5.41. The fourth-order valence-corrected chi connectivity index (χ4v) is 3.09. The molecule has 0 aliphatic heterocycles. The van der Waals surface area contributed by atoms with E-state index >= 15 is 0 Å². The largest absolute Gasteiger partial charge is 0.452 e. The van der Waals surface area contributed by atoms with Gasteiger partial charge in [0.1, 0.15) is 11.7 Å². The third-order valence-electron chi connectivity index (χ3n) is 4.61. The van der Waals surface area contributed by atoms with Crippen LogP contribution in [0.3, 0.4) is 0 Å². The van der Waals surface area contributed by atoms with E-state index in [-0.39, 0.29) is 6.54 Å². The summed E-state index contributed by atoms with van der Waals surface area (Å²) < 4.78 is 73.6. The van der Waals surface area contributed by atoms with Crippen molar-refractivity contribution in [2.45, 2.75) is 12.6 Å². The Morgan fingerprint density at radius 1 is 0.806 bits per heavy atom. The highest BCUT2D eigenvalue weighted by Crippen LogP contribution is 2.27. The van der Waals surface area contributed by atoms with Crippen molar-refractivity contribution in [2.24, 2.45) is 0 Å². The van der Waals surface area contributed by atoms with E-state index in [1.807, 2.05) is 30.3 Å². The standard InChI is InChI=1S/C23H18F5NO2/c1-29(12-14-8-4-2-5-9-14)13-16(15-10-6-3-7-11-15)31-23(30)17-18(24)20(26)22(28)21(27)19(17)25/h2-11,16H,12-13H2,1H3. The van der Waals surface area contributed by atoms with Gasteiger partial charge in [0.05, 0.1) is 0 Å². The molecule has 0 aromatic heterocycles. The number of halogens is 5. The summed E-state index contributed by atoms with van der Waals surface area (Å²) >= 11 is 0. The van der Waals surface area contributed by atoms with Gasteiger partial charge in [-0.2, -0.15) is 0 Å². The second-order valence-electron chi connectivity index (χ2n) is 6.93. The van der Waals surface area contributed by atoms with Gasteiger partial charge in [-0.15, -0.1) is 0 Å². The zero-order valence-electron chi connectivity index (χ0n) is 16.4. The Morgan fingerprint density at radius 3 is 1.84 bits per heavy atom. The Labute approximate surface area is 175 Å². The number of nitrogens with zero attached hydrogens (tertiary/aromatic N) is 1.